The Morgan fingerprint density at radius 3 is 2.88 bits per heavy atom. The van der Waals surface area contributed by atoms with Crippen LogP contribution >= 0.6 is 0 Å². The Morgan fingerprint density at radius 2 is 2.29 bits per heavy atom. The van der Waals surface area contributed by atoms with Crippen LogP contribution in [0.25, 0.3) is 0 Å². The van der Waals surface area contributed by atoms with Crippen LogP contribution in [-0.4, -0.2) is 49.3 Å². The molecule has 0 aliphatic heterocycles. The summed E-state index contributed by atoms with van der Waals surface area (Å²) in [6.45, 7) is 5.00. The third-order valence-corrected chi connectivity index (χ3v) is 2.47. The fourth-order valence-electron chi connectivity index (χ4n) is 1.67. The summed E-state index contributed by atoms with van der Waals surface area (Å²) in [7, 11) is 3.61. The molecule has 0 fully saturated rings. The molecule has 1 aromatic heterocycles. The van der Waals surface area contributed by atoms with Gasteiger partial charge in [-0.3, -0.25) is 4.68 Å². The van der Waals surface area contributed by atoms with Gasteiger partial charge in [0.05, 0.1) is 25.5 Å². The first-order valence-corrected chi connectivity index (χ1v) is 6.04. The maximum atomic E-state index is 5.55. The van der Waals surface area contributed by atoms with E-state index in [1.807, 2.05) is 24.0 Å². The fraction of sp³-hybridized carbons (Fsp3) is 0.750. The minimum absolute atomic E-state index is 0.312. The molecule has 1 N–H and O–H groups in total. The topological polar surface area (TPSA) is 48.3 Å². The molecule has 1 atom stereocenters. The molecule has 98 valence electrons. The van der Waals surface area contributed by atoms with Crippen LogP contribution in [0.5, 0.6) is 0 Å². The van der Waals surface area contributed by atoms with E-state index in [0.29, 0.717) is 25.9 Å². The van der Waals surface area contributed by atoms with Gasteiger partial charge in [0.25, 0.3) is 0 Å². The zero-order valence-corrected chi connectivity index (χ0v) is 11.0. The smallest absolute Gasteiger partial charge is 0.0701 e. The van der Waals surface area contributed by atoms with E-state index in [4.69, 9.17) is 9.47 Å². The first kappa shape index (κ1) is 14.2. The highest BCUT2D eigenvalue weighted by atomic mass is 16.5. The minimum atomic E-state index is 0.312. The lowest BCUT2D eigenvalue weighted by atomic mass is 10.1. The van der Waals surface area contributed by atoms with Crippen LogP contribution in [0.1, 0.15) is 12.6 Å². The fourth-order valence-corrected chi connectivity index (χ4v) is 1.67. The highest BCUT2D eigenvalue weighted by Gasteiger charge is 2.10. The quantitative estimate of drug-likeness (QED) is 0.643. The second kappa shape index (κ2) is 8.22. The van der Waals surface area contributed by atoms with Crippen LogP contribution in [0, 0.1) is 0 Å². The van der Waals surface area contributed by atoms with Crippen molar-refractivity contribution in [3.8, 4) is 0 Å². The van der Waals surface area contributed by atoms with Crippen molar-refractivity contribution in [1.29, 1.82) is 0 Å². The number of rotatable bonds is 9. The highest BCUT2D eigenvalue weighted by Crippen LogP contribution is 2.00. The summed E-state index contributed by atoms with van der Waals surface area (Å²) in [4.78, 5) is 0. The molecule has 0 saturated heterocycles. The molecular weight excluding hydrogens is 218 g/mol. The van der Waals surface area contributed by atoms with Crippen molar-refractivity contribution < 1.29 is 9.47 Å². The number of ether oxygens (including phenoxy) is 2. The molecule has 1 aromatic rings. The molecule has 0 radical (unpaired) electrons. The van der Waals surface area contributed by atoms with Crippen molar-refractivity contribution in [3.05, 3.63) is 18.0 Å². The predicted molar refractivity (Wildman–Crippen MR) is 67.1 cm³/mol. The monoisotopic (exact) mass is 241 g/mol. The molecule has 0 bridgehead atoms. The molecule has 1 unspecified atom stereocenters. The Bertz CT molecular complexity index is 302. The van der Waals surface area contributed by atoms with E-state index in [1.54, 1.807) is 7.11 Å². The lowest BCUT2D eigenvalue weighted by molar-refractivity contribution is 0.0588. The van der Waals surface area contributed by atoms with Crippen LogP contribution in [0.3, 0.4) is 0 Å². The summed E-state index contributed by atoms with van der Waals surface area (Å²) in [6, 6.07) is 2.35. The summed E-state index contributed by atoms with van der Waals surface area (Å²) >= 11 is 0. The zero-order valence-electron chi connectivity index (χ0n) is 11.0. The molecule has 0 aliphatic carbocycles. The van der Waals surface area contributed by atoms with E-state index in [1.165, 1.54) is 0 Å². The standard InChI is InChI=1S/C12H23N3O2/c1-4-13-12(10-17-8-7-16-3)9-11-5-6-15(2)14-11/h5-6,12-13H,4,7-10H2,1-3H3. The van der Waals surface area contributed by atoms with Gasteiger partial charge in [0.2, 0.25) is 0 Å². The van der Waals surface area contributed by atoms with Crippen LogP contribution in [0.2, 0.25) is 0 Å². The number of nitrogens with one attached hydrogen (secondary N) is 1. The minimum Gasteiger partial charge on any atom is -0.382 e. The van der Waals surface area contributed by atoms with E-state index in [-0.39, 0.29) is 0 Å². The van der Waals surface area contributed by atoms with Crippen molar-refractivity contribution in [1.82, 2.24) is 15.1 Å². The van der Waals surface area contributed by atoms with E-state index in [2.05, 4.69) is 17.3 Å². The lowest BCUT2D eigenvalue weighted by Gasteiger charge is -2.16. The summed E-state index contributed by atoms with van der Waals surface area (Å²) < 4.78 is 12.3. The molecule has 5 nitrogen and oxygen atoms in total. The molecule has 0 aliphatic rings. The summed E-state index contributed by atoms with van der Waals surface area (Å²) in [5.41, 5.74) is 1.09. The van der Waals surface area contributed by atoms with Gasteiger partial charge in [0, 0.05) is 32.8 Å². The SMILES string of the molecule is CCNC(COCCOC)Cc1ccn(C)n1. The van der Waals surface area contributed by atoms with E-state index in [0.717, 1.165) is 18.7 Å². The number of hydrogen-bond donors (Lipinski definition) is 1. The molecule has 17 heavy (non-hydrogen) atoms. The Balaban J connectivity index is 2.32. The van der Waals surface area contributed by atoms with E-state index >= 15 is 0 Å². The van der Waals surface area contributed by atoms with Crippen molar-refractivity contribution in [3.63, 3.8) is 0 Å². The number of nitrogens with zero attached hydrogens (tertiary/aromatic N) is 2. The largest absolute Gasteiger partial charge is 0.382 e. The maximum absolute atomic E-state index is 5.55. The van der Waals surface area contributed by atoms with Gasteiger partial charge in [0.1, 0.15) is 0 Å². The molecular formula is C12H23N3O2. The van der Waals surface area contributed by atoms with Crippen LogP contribution in [0.15, 0.2) is 12.3 Å². The number of likely N-dealkylation sites (N-methyl/N-ethyl adjacent to an activating group) is 1. The summed E-state index contributed by atoms with van der Waals surface area (Å²) in [5.74, 6) is 0. The average molecular weight is 241 g/mol. The Kier molecular flexibility index (Phi) is 6.84. The van der Waals surface area contributed by atoms with Crippen molar-refractivity contribution in [2.75, 3.05) is 33.5 Å². The number of methoxy groups -OCH3 is 1. The lowest BCUT2D eigenvalue weighted by Crippen LogP contribution is -2.35. The summed E-state index contributed by atoms with van der Waals surface area (Å²) in [5, 5.41) is 7.78. The van der Waals surface area contributed by atoms with Crippen LogP contribution < -0.4 is 5.32 Å². The first-order valence-electron chi connectivity index (χ1n) is 6.04. The molecule has 1 heterocycles. The zero-order chi connectivity index (χ0) is 12.5. The maximum Gasteiger partial charge on any atom is 0.0701 e. The van der Waals surface area contributed by atoms with Crippen molar-refractivity contribution in [2.45, 2.75) is 19.4 Å². The van der Waals surface area contributed by atoms with Gasteiger partial charge in [-0.05, 0) is 12.6 Å². The molecule has 0 aromatic carbocycles. The molecule has 5 heteroatoms. The average Bonchev–Trinajstić information content (AvgIpc) is 2.70. The van der Waals surface area contributed by atoms with Gasteiger partial charge in [0.15, 0.2) is 0 Å². The third-order valence-electron chi connectivity index (χ3n) is 2.47. The number of hydrogen-bond acceptors (Lipinski definition) is 4. The highest BCUT2D eigenvalue weighted by molar-refractivity contribution is 5.01. The Morgan fingerprint density at radius 1 is 1.47 bits per heavy atom. The second-order valence-corrected chi connectivity index (χ2v) is 4.01. The predicted octanol–water partition coefficient (Wildman–Crippen LogP) is 0.604. The Labute approximate surface area is 103 Å². The molecule has 1 rings (SSSR count). The van der Waals surface area contributed by atoms with Gasteiger partial charge in [-0.1, -0.05) is 6.92 Å². The first-order chi connectivity index (χ1) is 8.26. The van der Waals surface area contributed by atoms with Gasteiger partial charge in [-0.2, -0.15) is 5.10 Å². The second-order valence-electron chi connectivity index (χ2n) is 4.01. The molecule has 0 saturated carbocycles. The van der Waals surface area contributed by atoms with Gasteiger partial charge in [-0.15, -0.1) is 0 Å². The van der Waals surface area contributed by atoms with Crippen molar-refractivity contribution in [2.24, 2.45) is 7.05 Å². The van der Waals surface area contributed by atoms with Gasteiger partial charge < -0.3 is 14.8 Å². The van der Waals surface area contributed by atoms with Gasteiger partial charge in [-0.25, -0.2) is 0 Å². The van der Waals surface area contributed by atoms with Crippen LogP contribution in [-0.2, 0) is 22.9 Å². The van der Waals surface area contributed by atoms with Crippen molar-refractivity contribution >= 4 is 0 Å². The van der Waals surface area contributed by atoms with Gasteiger partial charge >= 0.3 is 0 Å². The number of aromatic nitrogens is 2. The molecule has 0 amide bonds. The van der Waals surface area contributed by atoms with Crippen LogP contribution in [0.4, 0.5) is 0 Å². The van der Waals surface area contributed by atoms with E-state index < -0.39 is 0 Å². The Hall–Kier alpha value is -0.910. The number of aryl methyl sites for hydroxylation is 1. The normalized spacial score (nSPS) is 12.9. The third kappa shape index (κ3) is 5.81. The molecule has 0 spiro atoms. The summed E-state index contributed by atoms with van der Waals surface area (Å²) in [6.07, 6.45) is 2.85. The van der Waals surface area contributed by atoms with E-state index in [9.17, 15) is 0 Å².